The van der Waals surface area contributed by atoms with Gasteiger partial charge in [0, 0.05) is 12.6 Å². The second-order valence-electron chi connectivity index (χ2n) is 7.67. The first-order valence-corrected chi connectivity index (χ1v) is 11.6. The SMILES string of the molecule is C[C@@H]1COCCN1c1cc([C@H]2CCCS2(=O)=O)nc(-n2cnc3ccccc32)n1. The molecule has 0 aliphatic carbocycles. The highest BCUT2D eigenvalue weighted by atomic mass is 32.2. The number of benzene rings is 1. The van der Waals surface area contributed by atoms with Crippen LogP contribution in [0.1, 0.15) is 30.7 Å². The van der Waals surface area contributed by atoms with Crippen LogP contribution in [-0.4, -0.2) is 59.5 Å². The molecule has 8 nitrogen and oxygen atoms in total. The number of imidazole rings is 1. The molecule has 29 heavy (non-hydrogen) atoms. The van der Waals surface area contributed by atoms with E-state index in [0.29, 0.717) is 44.2 Å². The van der Waals surface area contributed by atoms with Crippen LogP contribution in [0.15, 0.2) is 36.7 Å². The second-order valence-corrected chi connectivity index (χ2v) is 9.97. The van der Waals surface area contributed by atoms with E-state index in [-0.39, 0.29) is 11.8 Å². The lowest BCUT2D eigenvalue weighted by Crippen LogP contribution is -2.44. The van der Waals surface area contributed by atoms with Gasteiger partial charge in [0.2, 0.25) is 5.95 Å². The quantitative estimate of drug-likeness (QED) is 0.651. The Balaban J connectivity index is 1.68. The number of fused-ring (bicyclic) bond motifs is 1. The maximum absolute atomic E-state index is 12.6. The molecule has 2 fully saturated rings. The Morgan fingerprint density at radius 3 is 2.86 bits per heavy atom. The predicted molar refractivity (Wildman–Crippen MR) is 110 cm³/mol. The van der Waals surface area contributed by atoms with Crippen LogP contribution in [-0.2, 0) is 14.6 Å². The van der Waals surface area contributed by atoms with Crippen molar-refractivity contribution in [3.63, 3.8) is 0 Å². The number of sulfone groups is 1. The number of aromatic nitrogens is 4. The molecule has 0 unspecified atom stereocenters. The van der Waals surface area contributed by atoms with E-state index in [1.807, 2.05) is 34.9 Å². The smallest absolute Gasteiger partial charge is 0.237 e. The second kappa shape index (κ2) is 7.07. The number of ether oxygens (including phenoxy) is 1. The van der Waals surface area contributed by atoms with Gasteiger partial charge in [-0.15, -0.1) is 0 Å². The molecule has 2 aliphatic rings. The molecule has 152 valence electrons. The van der Waals surface area contributed by atoms with Gasteiger partial charge in [0.1, 0.15) is 17.4 Å². The molecule has 1 aromatic carbocycles. The Hall–Kier alpha value is -2.52. The Bertz CT molecular complexity index is 1160. The van der Waals surface area contributed by atoms with E-state index in [1.54, 1.807) is 6.33 Å². The van der Waals surface area contributed by atoms with E-state index in [4.69, 9.17) is 14.7 Å². The molecule has 0 N–H and O–H groups in total. The summed E-state index contributed by atoms with van der Waals surface area (Å²) in [6.07, 6.45) is 2.96. The first-order chi connectivity index (χ1) is 14.0. The van der Waals surface area contributed by atoms with Gasteiger partial charge in [-0.2, -0.15) is 4.98 Å². The Morgan fingerprint density at radius 1 is 1.21 bits per heavy atom. The fraction of sp³-hybridized carbons (Fsp3) is 0.450. The summed E-state index contributed by atoms with van der Waals surface area (Å²) in [5.41, 5.74) is 2.30. The summed E-state index contributed by atoms with van der Waals surface area (Å²) in [5, 5.41) is -0.575. The number of hydrogen-bond donors (Lipinski definition) is 0. The highest BCUT2D eigenvalue weighted by Crippen LogP contribution is 2.35. The van der Waals surface area contributed by atoms with Crippen molar-refractivity contribution in [1.29, 1.82) is 0 Å². The highest BCUT2D eigenvalue weighted by molar-refractivity contribution is 7.91. The van der Waals surface area contributed by atoms with E-state index in [0.717, 1.165) is 16.9 Å². The third-order valence-electron chi connectivity index (χ3n) is 5.71. The topological polar surface area (TPSA) is 90.2 Å². The predicted octanol–water partition coefficient (Wildman–Crippen LogP) is 2.29. The van der Waals surface area contributed by atoms with Crippen LogP contribution >= 0.6 is 0 Å². The van der Waals surface area contributed by atoms with Crippen molar-refractivity contribution in [2.24, 2.45) is 0 Å². The molecule has 0 bridgehead atoms. The standard InChI is InChI=1S/C20H23N5O3S/c1-14-12-28-9-8-24(14)19-11-16(18-7-4-10-29(18,26)27)22-20(23-19)25-13-21-15-5-2-3-6-17(15)25/h2-3,5-6,11,13-14,18H,4,7-10,12H2,1H3/t14-,18-/m1/s1. The van der Waals surface area contributed by atoms with Gasteiger partial charge in [-0.05, 0) is 31.9 Å². The number of anilines is 1. The zero-order chi connectivity index (χ0) is 20.0. The number of hydrogen-bond acceptors (Lipinski definition) is 7. The van der Waals surface area contributed by atoms with E-state index >= 15 is 0 Å². The molecule has 4 heterocycles. The molecule has 0 amide bonds. The molecule has 2 atom stereocenters. The van der Waals surface area contributed by atoms with Crippen molar-refractivity contribution in [3.8, 4) is 5.95 Å². The van der Waals surface area contributed by atoms with E-state index in [2.05, 4.69) is 16.8 Å². The fourth-order valence-corrected chi connectivity index (χ4v) is 6.04. The maximum Gasteiger partial charge on any atom is 0.237 e. The summed E-state index contributed by atoms with van der Waals surface area (Å²) in [6.45, 7) is 4.03. The monoisotopic (exact) mass is 413 g/mol. The van der Waals surface area contributed by atoms with Gasteiger partial charge in [0.15, 0.2) is 9.84 Å². The molecular weight excluding hydrogens is 390 g/mol. The van der Waals surface area contributed by atoms with Crippen LogP contribution in [0.3, 0.4) is 0 Å². The largest absolute Gasteiger partial charge is 0.377 e. The molecule has 2 saturated heterocycles. The zero-order valence-electron chi connectivity index (χ0n) is 16.2. The number of nitrogens with zero attached hydrogens (tertiary/aromatic N) is 5. The minimum atomic E-state index is -3.19. The van der Waals surface area contributed by atoms with Crippen molar-refractivity contribution in [3.05, 3.63) is 42.4 Å². The molecule has 0 saturated carbocycles. The van der Waals surface area contributed by atoms with Crippen molar-refractivity contribution >= 4 is 26.7 Å². The molecule has 0 spiro atoms. The number of rotatable bonds is 3. The Morgan fingerprint density at radius 2 is 2.07 bits per heavy atom. The van der Waals surface area contributed by atoms with Crippen molar-refractivity contribution in [2.45, 2.75) is 31.1 Å². The molecule has 2 aromatic heterocycles. The summed E-state index contributed by atoms with van der Waals surface area (Å²) < 4.78 is 32.6. The van der Waals surface area contributed by atoms with E-state index in [1.165, 1.54) is 0 Å². The normalized spacial score (nSPS) is 24.2. The summed E-state index contributed by atoms with van der Waals surface area (Å²) in [6, 6.07) is 9.76. The summed E-state index contributed by atoms with van der Waals surface area (Å²) in [5.74, 6) is 1.40. The Labute approximate surface area is 169 Å². The van der Waals surface area contributed by atoms with Crippen LogP contribution in [0.4, 0.5) is 5.82 Å². The summed E-state index contributed by atoms with van der Waals surface area (Å²) in [4.78, 5) is 16.1. The Kier molecular flexibility index (Phi) is 4.51. The van der Waals surface area contributed by atoms with Gasteiger partial charge >= 0.3 is 0 Å². The summed E-state index contributed by atoms with van der Waals surface area (Å²) in [7, 11) is -3.19. The van der Waals surface area contributed by atoms with Gasteiger partial charge in [-0.3, -0.25) is 4.57 Å². The van der Waals surface area contributed by atoms with Gasteiger partial charge < -0.3 is 9.64 Å². The average molecular weight is 414 g/mol. The van der Waals surface area contributed by atoms with Crippen LogP contribution in [0, 0.1) is 0 Å². The number of para-hydroxylation sites is 2. The minimum Gasteiger partial charge on any atom is -0.377 e. The zero-order valence-corrected chi connectivity index (χ0v) is 17.0. The minimum absolute atomic E-state index is 0.152. The average Bonchev–Trinajstić information content (AvgIpc) is 3.30. The lowest BCUT2D eigenvalue weighted by atomic mass is 10.2. The summed E-state index contributed by atoms with van der Waals surface area (Å²) >= 11 is 0. The van der Waals surface area contributed by atoms with Crippen LogP contribution in [0.5, 0.6) is 0 Å². The molecule has 0 radical (unpaired) electrons. The molecule has 5 rings (SSSR count). The lowest BCUT2D eigenvalue weighted by molar-refractivity contribution is 0.0985. The van der Waals surface area contributed by atoms with Crippen LogP contribution < -0.4 is 4.90 Å². The van der Waals surface area contributed by atoms with Gasteiger partial charge in [-0.25, -0.2) is 18.4 Å². The molecule has 3 aromatic rings. The van der Waals surface area contributed by atoms with E-state index in [9.17, 15) is 8.42 Å². The first-order valence-electron chi connectivity index (χ1n) is 9.90. The van der Waals surface area contributed by atoms with Crippen molar-refractivity contribution in [2.75, 3.05) is 30.4 Å². The fourth-order valence-electron chi connectivity index (χ4n) is 4.17. The number of morpholine rings is 1. The van der Waals surface area contributed by atoms with Gasteiger partial charge in [0.25, 0.3) is 0 Å². The van der Waals surface area contributed by atoms with Crippen molar-refractivity contribution in [1.82, 2.24) is 19.5 Å². The third-order valence-corrected chi connectivity index (χ3v) is 7.91. The lowest BCUT2D eigenvalue weighted by Gasteiger charge is -2.34. The first kappa shape index (κ1) is 18.5. The van der Waals surface area contributed by atoms with E-state index < -0.39 is 15.1 Å². The third kappa shape index (κ3) is 3.28. The molecule has 9 heteroatoms. The van der Waals surface area contributed by atoms with Crippen LogP contribution in [0.2, 0.25) is 0 Å². The molecular formula is C20H23N5O3S. The van der Waals surface area contributed by atoms with Gasteiger partial charge in [0.05, 0.1) is 41.7 Å². The van der Waals surface area contributed by atoms with Crippen LogP contribution in [0.25, 0.3) is 17.0 Å². The molecule has 2 aliphatic heterocycles. The highest BCUT2D eigenvalue weighted by Gasteiger charge is 2.35. The maximum atomic E-state index is 12.6. The van der Waals surface area contributed by atoms with Crippen molar-refractivity contribution < 1.29 is 13.2 Å². The van der Waals surface area contributed by atoms with Gasteiger partial charge in [-0.1, -0.05) is 12.1 Å².